The first-order chi connectivity index (χ1) is 16.0. The Morgan fingerprint density at radius 3 is 2.48 bits per heavy atom. The highest BCUT2D eigenvalue weighted by atomic mass is 32.2. The largest absolute Gasteiger partial charge is 0.497 e. The molecule has 0 unspecified atom stereocenters. The second-order valence-corrected chi connectivity index (χ2v) is 7.86. The number of nitrogens with one attached hydrogen (secondary N) is 2. The summed E-state index contributed by atoms with van der Waals surface area (Å²) in [6.07, 6.45) is 0.525. The molecule has 0 radical (unpaired) electrons. The first-order valence-electron chi connectivity index (χ1n) is 10.5. The van der Waals surface area contributed by atoms with Crippen molar-refractivity contribution in [2.24, 2.45) is 0 Å². The predicted octanol–water partition coefficient (Wildman–Crippen LogP) is 3.02. The van der Waals surface area contributed by atoms with Crippen LogP contribution >= 0.6 is 11.8 Å². The molecule has 10 heteroatoms. The lowest BCUT2D eigenvalue weighted by molar-refractivity contribution is -0.113. The average molecular weight is 470 g/mol. The molecule has 2 N–H and O–H groups in total. The van der Waals surface area contributed by atoms with E-state index in [1.807, 2.05) is 23.6 Å². The fourth-order valence-electron chi connectivity index (χ4n) is 3.12. The fourth-order valence-corrected chi connectivity index (χ4v) is 3.95. The van der Waals surface area contributed by atoms with Crippen LogP contribution in [0.1, 0.15) is 23.1 Å². The Morgan fingerprint density at radius 2 is 1.79 bits per heavy atom. The highest BCUT2D eigenvalue weighted by molar-refractivity contribution is 7.99. The van der Waals surface area contributed by atoms with Crippen LogP contribution in [0.15, 0.2) is 53.7 Å². The van der Waals surface area contributed by atoms with Crippen molar-refractivity contribution in [3.05, 3.63) is 59.9 Å². The molecular weight excluding hydrogens is 442 g/mol. The number of hydrogen-bond donors (Lipinski definition) is 2. The van der Waals surface area contributed by atoms with Gasteiger partial charge in [-0.1, -0.05) is 23.9 Å². The van der Waals surface area contributed by atoms with Gasteiger partial charge < -0.3 is 24.7 Å². The molecule has 174 valence electrons. The summed E-state index contributed by atoms with van der Waals surface area (Å²) in [5.74, 6) is 1.91. The third-order valence-corrected chi connectivity index (χ3v) is 5.78. The molecule has 9 nitrogen and oxygen atoms in total. The van der Waals surface area contributed by atoms with Gasteiger partial charge in [-0.15, -0.1) is 10.2 Å². The molecule has 2 amide bonds. The first kappa shape index (κ1) is 24.1. The standard InChI is InChI=1S/C23H27N5O4S/c1-4-28-20(13-14-24-22(30)16-9-11-17(31-2)12-10-16)26-27-23(28)33-15-21(29)25-18-7-5-6-8-19(18)32-3/h5-12H,4,13-15H2,1-3H3,(H,24,30)(H,25,29). The number of anilines is 1. The third-order valence-electron chi connectivity index (χ3n) is 4.81. The van der Waals surface area contributed by atoms with Crippen molar-refractivity contribution in [2.75, 3.05) is 31.8 Å². The number of ether oxygens (including phenoxy) is 2. The highest BCUT2D eigenvalue weighted by Gasteiger charge is 2.14. The van der Waals surface area contributed by atoms with Crippen LogP contribution in [0.5, 0.6) is 11.5 Å². The molecule has 1 aromatic heterocycles. The fraction of sp³-hybridized carbons (Fsp3) is 0.304. The average Bonchev–Trinajstić information content (AvgIpc) is 3.24. The van der Waals surface area contributed by atoms with Gasteiger partial charge >= 0.3 is 0 Å². The number of benzene rings is 2. The van der Waals surface area contributed by atoms with E-state index in [1.165, 1.54) is 11.8 Å². The summed E-state index contributed by atoms with van der Waals surface area (Å²) < 4.78 is 12.3. The second-order valence-electron chi connectivity index (χ2n) is 6.91. The Bertz CT molecular complexity index is 1080. The molecule has 0 spiro atoms. The number of hydrogen-bond acceptors (Lipinski definition) is 7. The number of amides is 2. The number of carbonyl (C=O) groups is 2. The van der Waals surface area contributed by atoms with Gasteiger partial charge in [0.05, 0.1) is 25.7 Å². The van der Waals surface area contributed by atoms with Crippen molar-refractivity contribution in [3.63, 3.8) is 0 Å². The van der Waals surface area contributed by atoms with Crippen LogP contribution in [-0.4, -0.2) is 53.1 Å². The van der Waals surface area contributed by atoms with Gasteiger partial charge in [0.15, 0.2) is 5.16 Å². The van der Waals surface area contributed by atoms with Crippen LogP contribution < -0.4 is 20.1 Å². The van der Waals surface area contributed by atoms with Gasteiger partial charge in [-0.2, -0.15) is 0 Å². The monoisotopic (exact) mass is 469 g/mol. The van der Waals surface area contributed by atoms with E-state index in [2.05, 4.69) is 20.8 Å². The molecule has 3 rings (SSSR count). The maximum Gasteiger partial charge on any atom is 0.251 e. The molecular formula is C23H27N5O4S. The summed E-state index contributed by atoms with van der Waals surface area (Å²) in [4.78, 5) is 24.7. The number of para-hydroxylation sites is 2. The second kappa shape index (κ2) is 11.9. The lowest BCUT2D eigenvalue weighted by Gasteiger charge is -2.10. The summed E-state index contributed by atoms with van der Waals surface area (Å²) in [7, 11) is 3.14. The topological polar surface area (TPSA) is 107 Å². The molecule has 0 aliphatic heterocycles. The maximum absolute atomic E-state index is 12.4. The zero-order valence-corrected chi connectivity index (χ0v) is 19.6. The van der Waals surface area contributed by atoms with Gasteiger partial charge in [0, 0.05) is 25.1 Å². The van der Waals surface area contributed by atoms with E-state index >= 15 is 0 Å². The summed E-state index contributed by atoms with van der Waals surface area (Å²) in [5.41, 5.74) is 1.18. The Balaban J connectivity index is 1.51. The van der Waals surface area contributed by atoms with Crippen molar-refractivity contribution in [3.8, 4) is 11.5 Å². The molecule has 0 aliphatic rings. The summed E-state index contributed by atoms with van der Waals surface area (Å²) in [6, 6.07) is 14.2. The summed E-state index contributed by atoms with van der Waals surface area (Å²) in [6.45, 7) is 3.06. The van der Waals surface area contributed by atoms with Gasteiger partial charge in [-0.3, -0.25) is 9.59 Å². The van der Waals surface area contributed by atoms with E-state index in [-0.39, 0.29) is 17.6 Å². The van der Waals surface area contributed by atoms with Crippen molar-refractivity contribution in [1.82, 2.24) is 20.1 Å². The lowest BCUT2D eigenvalue weighted by Crippen LogP contribution is -2.26. The van der Waals surface area contributed by atoms with Crippen LogP contribution in [0, 0.1) is 0 Å². The van der Waals surface area contributed by atoms with Crippen LogP contribution in [0.4, 0.5) is 5.69 Å². The van der Waals surface area contributed by atoms with E-state index in [1.54, 1.807) is 50.6 Å². The highest BCUT2D eigenvalue weighted by Crippen LogP contribution is 2.24. The minimum absolute atomic E-state index is 0.163. The van der Waals surface area contributed by atoms with Crippen LogP contribution in [-0.2, 0) is 17.8 Å². The number of methoxy groups -OCH3 is 2. The van der Waals surface area contributed by atoms with E-state index in [9.17, 15) is 9.59 Å². The molecule has 0 atom stereocenters. The smallest absolute Gasteiger partial charge is 0.251 e. The molecule has 0 bridgehead atoms. The van der Waals surface area contributed by atoms with Crippen molar-refractivity contribution in [1.29, 1.82) is 0 Å². The zero-order chi connectivity index (χ0) is 23.6. The van der Waals surface area contributed by atoms with E-state index < -0.39 is 0 Å². The Kier molecular flexibility index (Phi) is 8.71. The van der Waals surface area contributed by atoms with E-state index in [0.29, 0.717) is 47.4 Å². The predicted molar refractivity (Wildman–Crippen MR) is 127 cm³/mol. The molecule has 0 fully saturated rings. The SMILES string of the molecule is CCn1c(CCNC(=O)c2ccc(OC)cc2)nnc1SCC(=O)Nc1ccccc1OC. The van der Waals surface area contributed by atoms with Crippen molar-refractivity contribution >= 4 is 29.3 Å². The zero-order valence-electron chi connectivity index (χ0n) is 18.8. The van der Waals surface area contributed by atoms with Gasteiger partial charge in [0.25, 0.3) is 5.91 Å². The van der Waals surface area contributed by atoms with Crippen LogP contribution in [0.2, 0.25) is 0 Å². The van der Waals surface area contributed by atoms with Crippen LogP contribution in [0.25, 0.3) is 0 Å². The number of carbonyl (C=O) groups excluding carboxylic acids is 2. The van der Waals surface area contributed by atoms with Gasteiger partial charge in [0.1, 0.15) is 17.3 Å². The molecule has 0 aliphatic carbocycles. The Hall–Kier alpha value is -3.53. The number of thioether (sulfide) groups is 1. The Morgan fingerprint density at radius 1 is 1.03 bits per heavy atom. The van der Waals surface area contributed by atoms with E-state index in [0.717, 1.165) is 5.82 Å². The van der Waals surface area contributed by atoms with Gasteiger partial charge in [-0.25, -0.2) is 0 Å². The minimum Gasteiger partial charge on any atom is -0.497 e. The molecule has 33 heavy (non-hydrogen) atoms. The number of nitrogens with zero attached hydrogens (tertiary/aromatic N) is 3. The maximum atomic E-state index is 12.4. The summed E-state index contributed by atoms with van der Waals surface area (Å²) >= 11 is 1.31. The van der Waals surface area contributed by atoms with E-state index in [4.69, 9.17) is 9.47 Å². The summed E-state index contributed by atoms with van der Waals surface area (Å²) in [5, 5.41) is 14.9. The quantitative estimate of drug-likeness (QED) is 0.416. The number of rotatable bonds is 11. The van der Waals surface area contributed by atoms with Crippen molar-refractivity contribution < 1.29 is 19.1 Å². The minimum atomic E-state index is -0.164. The lowest BCUT2D eigenvalue weighted by atomic mass is 10.2. The molecule has 1 heterocycles. The number of aromatic nitrogens is 3. The van der Waals surface area contributed by atoms with Crippen LogP contribution in [0.3, 0.4) is 0 Å². The molecule has 0 saturated heterocycles. The molecule has 0 saturated carbocycles. The first-order valence-corrected chi connectivity index (χ1v) is 11.4. The van der Waals surface area contributed by atoms with Gasteiger partial charge in [-0.05, 0) is 43.3 Å². The molecule has 2 aromatic carbocycles. The van der Waals surface area contributed by atoms with Gasteiger partial charge in [0.2, 0.25) is 5.91 Å². The van der Waals surface area contributed by atoms with Crippen molar-refractivity contribution in [2.45, 2.75) is 25.0 Å². The molecule has 3 aromatic rings. The third kappa shape index (κ3) is 6.48. The Labute approximate surface area is 196 Å². The normalized spacial score (nSPS) is 10.5.